The summed E-state index contributed by atoms with van der Waals surface area (Å²) in [6.45, 7) is 8.05. The minimum absolute atomic E-state index is 0.0183. The number of carbonyl (C=O) groups excluding carboxylic acids is 1. The molecule has 0 spiro atoms. The molecule has 1 unspecified atom stereocenters. The van der Waals surface area contributed by atoms with E-state index in [9.17, 15) is 4.79 Å². The SMILES string of the molecule is CC(C)N1CCC(NCCOCC(N)=O)C1. The third kappa shape index (κ3) is 4.92. The first kappa shape index (κ1) is 13.4. The van der Waals surface area contributed by atoms with Crippen molar-refractivity contribution in [1.82, 2.24) is 10.2 Å². The standard InChI is InChI=1S/C11H23N3O2/c1-9(2)14-5-3-10(7-14)13-4-6-16-8-11(12)15/h9-10,13H,3-8H2,1-2H3,(H2,12,15). The molecular formula is C11H23N3O2. The van der Waals surface area contributed by atoms with E-state index in [1.807, 2.05) is 0 Å². The molecule has 1 fully saturated rings. The second kappa shape index (κ2) is 6.83. The number of ether oxygens (including phenoxy) is 1. The van der Waals surface area contributed by atoms with Gasteiger partial charge in [0.15, 0.2) is 0 Å². The van der Waals surface area contributed by atoms with Crippen LogP contribution in [0.3, 0.4) is 0 Å². The van der Waals surface area contributed by atoms with Gasteiger partial charge >= 0.3 is 0 Å². The monoisotopic (exact) mass is 229 g/mol. The van der Waals surface area contributed by atoms with E-state index in [0.29, 0.717) is 18.7 Å². The topological polar surface area (TPSA) is 67.6 Å². The van der Waals surface area contributed by atoms with Crippen LogP contribution in [-0.4, -0.2) is 55.7 Å². The summed E-state index contributed by atoms with van der Waals surface area (Å²) in [5, 5.41) is 3.42. The largest absolute Gasteiger partial charge is 0.370 e. The number of primary amides is 1. The van der Waals surface area contributed by atoms with Crippen LogP contribution in [0.2, 0.25) is 0 Å². The molecule has 1 amide bonds. The van der Waals surface area contributed by atoms with Crippen molar-refractivity contribution in [2.24, 2.45) is 5.73 Å². The van der Waals surface area contributed by atoms with Gasteiger partial charge in [-0.15, -0.1) is 0 Å². The van der Waals surface area contributed by atoms with Gasteiger partial charge in [0.2, 0.25) is 5.91 Å². The molecule has 94 valence electrons. The zero-order chi connectivity index (χ0) is 12.0. The van der Waals surface area contributed by atoms with Gasteiger partial charge < -0.3 is 15.8 Å². The van der Waals surface area contributed by atoms with Gasteiger partial charge in [0.25, 0.3) is 0 Å². The predicted octanol–water partition coefficient (Wildman–Crippen LogP) is -0.439. The lowest BCUT2D eigenvalue weighted by molar-refractivity contribution is -0.122. The first-order valence-corrected chi connectivity index (χ1v) is 5.93. The number of nitrogens with zero attached hydrogens (tertiary/aromatic N) is 1. The van der Waals surface area contributed by atoms with Gasteiger partial charge in [-0.1, -0.05) is 0 Å². The second-order valence-corrected chi connectivity index (χ2v) is 4.55. The lowest BCUT2D eigenvalue weighted by Crippen LogP contribution is -2.36. The number of amides is 1. The van der Waals surface area contributed by atoms with Crippen molar-refractivity contribution in [2.45, 2.75) is 32.4 Å². The number of nitrogens with one attached hydrogen (secondary N) is 1. The van der Waals surface area contributed by atoms with E-state index in [0.717, 1.165) is 19.6 Å². The summed E-state index contributed by atoms with van der Waals surface area (Å²) in [4.78, 5) is 12.9. The van der Waals surface area contributed by atoms with Gasteiger partial charge in [0.05, 0.1) is 6.61 Å². The summed E-state index contributed by atoms with van der Waals surface area (Å²) >= 11 is 0. The Kier molecular flexibility index (Phi) is 5.73. The molecule has 0 saturated carbocycles. The van der Waals surface area contributed by atoms with Crippen LogP contribution < -0.4 is 11.1 Å². The van der Waals surface area contributed by atoms with Gasteiger partial charge in [-0.2, -0.15) is 0 Å². The number of hydrogen-bond acceptors (Lipinski definition) is 4. The average molecular weight is 229 g/mol. The lowest BCUT2D eigenvalue weighted by Gasteiger charge is -2.20. The van der Waals surface area contributed by atoms with Crippen molar-refractivity contribution in [2.75, 3.05) is 32.8 Å². The smallest absolute Gasteiger partial charge is 0.243 e. The van der Waals surface area contributed by atoms with Crippen LogP contribution in [0, 0.1) is 0 Å². The molecule has 16 heavy (non-hydrogen) atoms. The molecular weight excluding hydrogens is 206 g/mol. The highest BCUT2D eigenvalue weighted by atomic mass is 16.5. The Morgan fingerprint density at radius 1 is 1.62 bits per heavy atom. The van der Waals surface area contributed by atoms with E-state index in [2.05, 4.69) is 24.1 Å². The normalized spacial score (nSPS) is 21.8. The molecule has 5 heteroatoms. The Hall–Kier alpha value is -0.650. The maximum Gasteiger partial charge on any atom is 0.243 e. The molecule has 0 aliphatic carbocycles. The zero-order valence-corrected chi connectivity index (χ0v) is 10.2. The van der Waals surface area contributed by atoms with Crippen LogP contribution in [0.5, 0.6) is 0 Å². The van der Waals surface area contributed by atoms with Crippen molar-refractivity contribution in [1.29, 1.82) is 0 Å². The van der Waals surface area contributed by atoms with Crippen molar-refractivity contribution in [3.8, 4) is 0 Å². The Morgan fingerprint density at radius 2 is 2.38 bits per heavy atom. The van der Waals surface area contributed by atoms with Crippen LogP contribution in [0.4, 0.5) is 0 Å². The highest BCUT2D eigenvalue weighted by molar-refractivity contribution is 5.74. The van der Waals surface area contributed by atoms with E-state index in [1.54, 1.807) is 0 Å². The van der Waals surface area contributed by atoms with E-state index in [-0.39, 0.29) is 6.61 Å². The van der Waals surface area contributed by atoms with Gasteiger partial charge in [-0.3, -0.25) is 9.69 Å². The number of nitrogens with two attached hydrogens (primary N) is 1. The third-order valence-corrected chi connectivity index (χ3v) is 2.87. The van der Waals surface area contributed by atoms with Crippen LogP contribution >= 0.6 is 0 Å². The summed E-state index contributed by atoms with van der Waals surface area (Å²) in [6, 6.07) is 1.18. The summed E-state index contributed by atoms with van der Waals surface area (Å²) < 4.78 is 5.08. The summed E-state index contributed by atoms with van der Waals surface area (Å²) in [5.41, 5.74) is 4.96. The van der Waals surface area contributed by atoms with Gasteiger partial charge in [-0.25, -0.2) is 0 Å². The van der Waals surface area contributed by atoms with Crippen molar-refractivity contribution in [3.05, 3.63) is 0 Å². The number of rotatable bonds is 7. The first-order chi connectivity index (χ1) is 7.59. The molecule has 1 saturated heterocycles. The minimum atomic E-state index is -0.410. The first-order valence-electron chi connectivity index (χ1n) is 5.93. The van der Waals surface area contributed by atoms with Crippen molar-refractivity contribution < 1.29 is 9.53 Å². The molecule has 1 heterocycles. The molecule has 0 aromatic carbocycles. The van der Waals surface area contributed by atoms with E-state index >= 15 is 0 Å². The maximum atomic E-state index is 10.4. The fourth-order valence-electron chi connectivity index (χ4n) is 1.93. The second-order valence-electron chi connectivity index (χ2n) is 4.55. The van der Waals surface area contributed by atoms with E-state index in [1.165, 1.54) is 6.42 Å². The molecule has 1 atom stereocenters. The predicted molar refractivity (Wildman–Crippen MR) is 63.1 cm³/mol. The highest BCUT2D eigenvalue weighted by Crippen LogP contribution is 2.11. The molecule has 3 N–H and O–H groups in total. The molecule has 1 aliphatic heterocycles. The molecule has 1 aliphatic rings. The van der Waals surface area contributed by atoms with E-state index < -0.39 is 5.91 Å². The number of hydrogen-bond donors (Lipinski definition) is 2. The van der Waals surface area contributed by atoms with Crippen molar-refractivity contribution in [3.63, 3.8) is 0 Å². The Balaban J connectivity index is 2.00. The highest BCUT2D eigenvalue weighted by Gasteiger charge is 2.23. The summed E-state index contributed by atoms with van der Waals surface area (Å²) in [5.74, 6) is -0.410. The Labute approximate surface area is 97.3 Å². The van der Waals surface area contributed by atoms with E-state index in [4.69, 9.17) is 10.5 Å². The van der Waals surface area contributed by atoms with Gasteiger partial charge in [0, 0.05) is 25.2 Å². The van der Waals surface area contributed by atoms with Crippen LogP contribution in [0.1, 0.15) is 20.3 Å². The molecule has 0 radical (unpaired) electrons. The third-order valence-electron chi connectivity index (χ3n) is 2.87. The van der Waals surface area contributed by atoms with Crippen molar-refractivity contribution >= 4 is 5.91 Å². The lowest BCUT2D eigenvalue weighted by atomic mass is 10.2. The van der Waals surface area contributed by atoms with Gasteiger partial charge in [0.1, 0.15) is 6.61 Å². The maximum absolute atomic E-state index is 10.4. The Bertz CT molecular complexity index is 221. The molecule has 0 aromatic heterocycles. The number of carbonyl (C=O) groups is 1. The minimum Gasteiger partial charge on any atom is -0.370 e. The summed E-state index contributed by atoms with van der Waals surface area (Å²) in [6.07, 6.45) is 1.19. The molecule has 0 bridgehead atoms. The van der Waals surface area contributed by atoms with Crippen LogP contribution in [-0.2, 0) is 9.53 Å². The molecule has 1 rings (SSSR count). The fourth-order valence-corrected chi connectivity index (χ4v) is 1.93. The summed E-state index contributed by atoms with van der Waals surface area (Å²) in [7, 11) is 0. The quantitative estimate of drug-likeness (QED) is 0.581. The van der Waals surface area contributed by atoms with Crippen LogP contribution in [0.15, 0.2) is 0 Å². The zero-order valence-electron chi connectivity index (χ0n) is 10.2. The van der Waals surface area contributed by atoms with Gasteiger partial charge in [-0.05, 0) is 26.8 Å². The Morgan fingerprint density at radius 3 is 2.94 bits per heavy atom. The average Bonchev–Trinajstić information content (AvgIpc) is 2.65. The molecule has 5 nitrogen and oxygen atoms in total. The molecule has 0 aromatic rings. The van der Waals surface area contributed by atoms with Crippen LogP contribution in [0.25, 0.3) is 0 Å². The fraction of sp³-hybridized carbons (Fsp3) is 0.909. The number of likely N-dealkylation sites (tertiary alicyclic amines) is 1.